The highest BCUT2D eigenvalue weighted by Crippen LogP contribution is 2.39. The van der Waals surface area contributed by atoms with Crippen LogP contribution in [0.2, 0.25) is 0 Å². The second-order valence-electron chi connectivity index (χ2n) is 8.45. The highest BCUT2D eigenvalue weighted by Gasteiger charge is 2.50. The van der Waals surface area contributed by atoms with Crippen molar-refractivity contribution in [3.63, 3.8) is 0 Å². The molecule has 6 heteroatoms. The quantitative estimate of drug-likeness (QED) is 0.522. The molecule has 3 aromatic carbocycles. The minimum atomic E-state index is -1.40. The monoisotopic (exact) mass is 464 g/mol. The normalized spacial score (nSPS) is 30.3. The third-order valence-electron chi connectivity index (χ3n) is 6.22. The van der Waals surface area contributed by atoms with E-state index < -0.39 is 28.6 Å². The Morgan fingerprint density at radius 3 is 2.21 bits per heavy atom. The summed E-state index contributed by atoms with van der Waals surface area (Å²) in [5.74, 6) is -0.0414. The molecule has 0 aliphatic carbocycles. The van der Waals surface area contributed by atoms with Crippen LogP contribution in [0.3, 0.4) is 0 Å². The van der Waals surface area contributed by atoms with Gasteiger partial charge in [0.15, 0.2) is 11.7 Å². The van der Waals surface area contributed by atoms with Crippen molar-refractivity contribution in [1.29, 1.82) is 0 Å². The van der Waals surface area contributed by atoms with Crippen molar-refractivity contribution in [3.05, 3.63) is 102 Å². The van der Waals surface area contributed by atoms with Crippen molar-refractivity contribution < 1.29 is 23.2 Å². The number of fused-ring (bicyclic) bond motifs is 1. The molecule has 5 nitrogen and oxygen atoms in total. The van der Waals surface area contributed by atoms with Crippen LogP contribution in [-0.4, -0.2) is 34.6 Å². The van der Waals surface area contributed by atoms with Crippen molar-refractivity contribution in [2.75, 3.05) is 6.61 Å². The van der Waals surface area contributed by atoms with E-state index in [0.717, 1.165) is 16.0 Å². The number of ether oxygens (including phenoxy) is 4. The van der Waals surface area contributed by atoms with Crippen molar-refractivity contribution in [3.8, 4) is 0 Å². The average molecular weight is 465 g/mol. The molecule has 33 heavy (non-hydrogen) atoms. The fourth-order valence-electron chi connectivity index (χ4n) is 4.45. The second kappa shape index (κ2) is 10.3. The molecule has 4 unspecified atom stereocenters. The van der Waals surface area contributed by atoms with Gasteiger partial charge in [0.1, 0.15) is 12.2 Å². The average Bonchev–Trinajstić information content (AvgIpc) is 2.89. The van der Waals surface area contributed by atoms with Gasteiger partial charge in [-0.3, -0.25) is 4.21 Å². The molecule has 0 spiro atoms. The van der Waals surface area contributed by atoms with E-state index in [1.165, 1.54) is 0 Å². The van der Waals surface area contributed by atoms with E-state index in [1.807, 2.05) is 91.0 Å². The zero-order valence-corrected chi connectivity index (χ0v) is 19.3. The first-order valence-corrected chi connectivity index (χ1v) is 12.5. The van der Waals surface area contributed by atoms with Gasteiger partial charge in [0.25, 0.3) is 0 Å². The van der Waals surface area contributed by atoms with Gasteiger partial charge in [0.05, 0.1) is 30.1 Å². The first kappa shape index (κ1) is 22.4. The summed E-state index contributed by atoms with van der Waals surface area (Å²) in [6.45, 7) is 2.89. The largest absolute Gasteiger partial charge is 0.369 e. The fourth-order valence-corrected chi connectivity index (χ4v) is 5.96. The van der Waals surface area contributed by atoms with Crippen molar-refractivity contribution in [1.82, 2.24) is 0 Å². The molecule has 2 heterocycles. The van der Waals surface area contributed by atoms with E-state index in [4.69, 9.17) is 18.9 Å². The van der Waals surface area contributed by atoms with Gasteiger partial charge in [0, 0.05) is 16.4 Å². The molecule has 0 N–H and O–H groups in total. The fraction of sp³-hybridized carbons (Fsp3) is 0.333. The van der Waals surface area contributed by atoms with Crippen molar-refractivity contribution in [2.24, 2.45) is 5.92 Å². The molecule has 2 saturated heterocycles. The SMILES string of the molecule is C[C@@H]1C(OCc2ccccc2)[C@@H](S(=O)c2ccccc2)OC2COC(c3ccccc3)O[C@H]21. The number of hydrogen-bond donors (Lipinski definition) is 0. The maximum absolute atomic E-state index is 13.6. The summed E-state index contributed by atoms with van der Waals surface area (Å²) in [5.41, 5.74) is 1.42. The smallest absolute Gasteiger partial charge is 0.184 e. The van der Waals surface area contributed by atoms with Gasteiger partial charge >= 0.3 is 0 Å². The molecule has 2 fully saturated rings. The van der Waals surface area contributed by atoms with Gasteiger partial charge in [-0.15, -0.1) is 0 Å². The first-order chi connectivity index (χ1) is 16.2. The summed E-state index contributed by atoms with van der Waals surface area (Å²) >= 11 is 0. The summed E-state index contributed by atoms with van der Waals surface area (Å²) in [4.78, 5) is 0.723. The third kappa shape index (κ3) is 4.95. The zero-order valence-electron chi connectivity index (χ0n) is 18.5. The molecule has 3 aromatic rings. The predicted molar refractivity (Wildman–Crippen MR) is 126 cm³/mol. The first-order valence-electron chi connectivity index (χ1n) is 11.3. The highest BCUT2D eigenvalue weighted by molar-refractivity contribution is 7.85. The standard InChI is InChI=1S/C27H28O5S/c1-19-24-23(18-30-26(32-24)21-13-7-3-8-14-21)31-27(33(28)22-15-9-4-10-16-22)25(19)29-17-20-11-5-2-6-12-20/h2-16,19,23-27H,17-18H2,1H3/t19-,23?,24-,25?,26?,27+,33?/m0/s1. The van der Waals surface area contributed by atoms with Crippen LogP contribution < -0.4 is 0 Å². The molecule has 172 valence electrons. The maximum Gasteiger partial charge on any atom is 0.184 e. The molecule has 0 radical (unpaired) electrons. The highest BCUT2D eigenvalue weighted by atomic mass is 32.2. The summed E-state index contributed by atoms with van der Waals surface area (Å²) in [6.07, 6.45) is -1.39. The second-order valence-corrected chi connectivity index (χ2v) is 9.98. The Morgan fingerprint density at radius 2 is 1.52 bits per heavy atom. The van der Waals surface area contributed by atoms with Crippen LogP contribution in [0.4, 0.5) is 0 Å². The van der Waals surface area contributed by atoms with E-state index in [9.17, 15) is 4.21 Å². The molecular weight excluding hydrogens is 436 g/mol. The number of hydrogen-bond acceptors (Lipinski definition) is 5. The summed E-state index contributed by atoms with van der Waals surface area (Å²) < 4.78 is 38.7. The predicted octanol–water partition coefficient (Wildman–Crippen LogP) is 4.85. The molecule has 5 rings (SSSR count). The lowest BCUT2D eigenvalue weighted by atomic mass is 9.90. The lowest BCUT2D eigenvalue weighted by molar-refractivity contribution is -0.312. The summed E-state index contributed by atoms with van der Waals surface area (Å²) in [5, 5.41) is 0. The molecule has 0 saturated carbocycles. The van der Waals surface area contributed by atoms with Gasteiger partial charge in [-0.25, -0.2) is 0 Å². The van der Waals surface area contributed by atoms with Crippen molar-refractivity contribution >= 4 is 10.8 Å². The van der Waals surface area contributed by atoms with Crippen LogP contribution in [-0.2, 0) is 36.4 Å². The zero-order chi connectivity index (χ0) is 22.6. The van der Waals surface area contributed by atoms with E-state index >= 15 is 0 Å². The minimum absolute atomic E-state index is 0.0414. The Kier molecular flexibility index (Phi) is 6.99. The lowest BCUT2D eigenvalue weighted by Gasteiger charge is -2.48. The van der Waals surface area contributed by atoms with Crippen molar-refractivity contribution in [2.45, 2.75) is 48.5 Å². The van der Waals surface area contributed by atoms with Crippen LogP contribution in [0.25, 0.3) is 0 Å². The molecular formula is C27H28O5S. The van der Waals surface area contributed by atoms with E-state index in [2.05, 4.69) is 6.92 Å². The number of rotatable bonds is 6. The molecule has 7 atom stereocenters. The van der Waals surface area contributed by atoms with E-state index in [1.54, 1.807) is 0 Å². The molecule has 0 aromatic heterocycles. The van der Waals surface area contributed by atoms with Crippen LogP contribution >= 0.6 is 0 Å². The summed E-state index contributed by atoms with van der Waals surface area (Å²) in [6, 6.07) is 29.3. The Hall–Kier alpha value is -2.35. The molecule has 0 bridgehead atoms. The van der Waals surface area contributed by atoms with Crippen LogP contribution in [0, 0.1) is 5.92 Å². The molecule has 0 amide bonds. The van der Waals surface area contributed by atoms with Gasteiger partial charge in [-0.2, -0.15) is 0 Å². The Labute approximate surface area is 197 Å². The Bertz CT molecular complexity index is 1050. The van der Waals surface area contributed by atoms with Gasteiger partial charge < -0.3 is 18.9 Å². The van der Waals surface area contributed by atoms with Gasteiger partial charge in [0.2, 0.25) is 0 Å². The lowest BCUT2D eigenvalue weighted by Crippen LogP contribution is -2.59. The van der Waals surface area contributed by atoms with E-state index in [0.29, 0.717) is 13.2 Å². The maximum atomic E-state index is 13.6. The van der Waals surface area contributed by atoms with Crippen LogP contribution in [0.1, 0.15) is 24.3 Å². The number of benzene rings is 3. The Morgan fingerprint density at radius 1 is 0.879 bits per heavy atom. The topological polar surface area (TPSA) is 54.0 Å². The minimum Gasteiger partial charge on any atom is -0.369 e. The van der Waals surface area contributed by atoms with Crippen LogP contribution in [0.5, 0.6) is 0 Å². The third-order valence-corrected chi connectivity index (χ3v) is 7.75. The molecule has 2 aliphatic rings. The van der Waals surface area contributed by atoms with Gasteiger partial charge in [-0.05, 0) is 17.7 Å². The van der Waals surface area contributed by atoms with Gasteiger partial charge in [-0.1, -0.05) is 85.8 Å². The Balaban J connectivity index is 1.39. The van der Waals surface area contributed by atoms with Crippen LogP contribution in [0.15, 0.2) is 95.9 Å². The molecule has 2 aliphatic heterocycles. The summed E-state index contributed by atoms with van der Waals surface area (Å²) in [7, 11) is -1.40. The van der Waals surface area contributed by atoms with E-state index in [-0.39, 0.29) is 18.1 Å².